The van der Waals surface area contributed by atoms with Gasteiger partial charge in [-0.25, -0.2) is 18.2 Å². The van der Waals surface area contributed by atoms with Gasteiger partial charge in [0.2, 0.25) is 0 Å². The van der Waals surface area contributed by atoms with Gasteiger partial charge in [-0.05, 0) is 50.3 Å². The summed E-state index contributed by atoms with van der Waals surface area (Å²) in [5.41, 5.74) is 0.732. The van der Waals surface area contributed by atoms with Gasteiger partial charge in [0.15, 0.2) is 15.0 Å². The summed E-state index contributed by atoms with van der Waals surface area (Å²) in [6.45, 7) is 4.66. The lowest BCUT2D eigenvalue weighted by Gasteiger charge is -2.32. The number of carbonyl (C=O) groups excluding carboxylic acids is 2. The number of hydrogen-bond acceptors (Lipinski definition) is 8. The van der Waals surface area contributed by atoms with Gasteiger partial charge in [-0.2, -0.15) is 0 Å². The maximum atomic E-state index is 12.9. The SMILES string of the molecule is CN1CCN(CCCS(=O)(=O)c2ccc3nc(NC(=O)NC(=O)c4ccccc4Cl)sc3c2)CC1. The second kappa shape index (κ2) is 11.0. The predicted molar refractivity (Wildman–Crippen MR) is 138 cm³/mol. The Balaban J connectivity index is 1.36. The van der Waals surface area contributed by atoms with Crippen molar-refractivity contribution in [2.75, 3.05) is 50.8 Å². The highest BCUT2D eigenvalue weighted by Gasteiger charge is 2.19. The van der Waals surface area contributed by atoms with Crippen LogP contribution in [0.25, 0.3) is 10.2 Å². The van der Waals surface area contributed by atoms with Crippen LogP contribution in [0.4, 0.5) is 9.93 Å². The minimum atomic E-state index is -3.44. The number of rotatable bonds is 7. The van der Waals surface area contributed by atoms with Crippen molar-refractivity contribution in [3.8, 4) is 0 Å². The maximum absolute atomic E-state index is 12.9. The quantitative estimate of drug-likeness (QED) is 0.477. The molecule has 0 radical (unpaired) electrons. The largest absolute Gasteiger partial charge is 0.327 e. The third-order valence-corrected chi connectivity index (χ3v) is 8.83. The molecule has 0 aliphatic carbocycles. The summed E-state index contributed by atoms with van der Waals surface area (Å²) >= 11 is 7.12. The Labute approximate surface area is 213 Å². The monoisotopic (exact) mass is 535 g/mol. The Hall–Kier alpha value is -2.57. The molecular weight excluding hydrogens is 510 g/mol. The predicted octanol–water partition coefficient (Wildman–Crippen LogP) is 3.32. The van der Waals surface area contributed by atoms with Gasteiger partial charge < -0.3 is 9.80 Å². The molecule has 0 spiro atoms. The number of imide groups is 1. The number of fused-ring (bicyclic) bond motifs is 1. The number of hydrogen-bond donors (Lipinski definition) is 2. The summed E-state index contributed by atoms with van der Waals surface area (Å²) in [5.74, 6) is -0.569. The van der Waals surface area contributed by atoms with E-state index in [9.17, 15) is 18.0 Å². The van der Waals surface area contributed by atoms with E-state index in [4.69, 9.17) is 11.6 Å². The first-order valence-corrected chi connectivity index (χ1v) is 14.0. The van der Waals surface area contributed by atoms with Crippen LogP contribution in [-0.4, -0.2) is 80.7 Å². The van der Waals surface area contributed by atoms with Crippen LogP contribution >= 0.6 is 22.9 Å². The Morgan fingerprint density at radius 3 is 2.60 bits per heavy atom. The maximum Gasteiger partial charge on any atom is 0.327 e. The molecule has 1 saturated heterocycles. The molecule has 186 valence electrons. The first-order chi connectivity index (χ1) is 16.7. The molecule has 3 aromatic rings. The van der Waals surface area contributed by atoms with E-state index < -0.39 is 21.8 Å². The number of urea groups is 1. The van der Waals surface area contributed by atoms with Crippen molar-refractivity contribution in [3.63, 3.8) is 0 Å². The fourth-order valence-electron chi connectivity index (χ4n) is 3.76. The third kappa shape index (κ3) is 6.56. The summed E-state index contributed by atoms with van der Waals surface area (Å²) in [6.07, 6.45) is 0.569. The molecule has 2 N–H and O–H groups in total. The van der Waals surface area contributed by atoms with Gasteiger partial charge in [0.05, 0.1) is 31.5 Å². The third-order valence-electron chi connectivity index (χ3n) is 5.77. The zero-order chi connectivity index (χ0) is 25.0. The molecule has 0 atom stereocenters. The summed E-state index contributed by atoms with van der Waals surface area (Å²) in [5, 5.41) is 5.20. The van der Waals surface area contributed by atoms with Crippen LogP contribution in [0.2, 0.25) is 5.02 Å². The van der Waals surface area contributed by atoms with E-state index in [0.29, 0.717) is 16.6 Å². The standard InChI is InChI=1S/C23H26ClN5O4S2/c1-28-10-12-29(13-11-28)9-4-14-35(32,33)16-7-8-19-20(15-16)34-23(25-19)27-22(31)26-21(30)17-5-2-3-6-18(17)24/h2-3,5-8,15H,4,9-14H2,1H3,(H2,25,26,27,30,31). The first-order valence-electron chi connectivity index (χ1n) is 11.1. The number of halogens is 1. The van der Waals surface area contributed by atoms with Crippen molar-refractivity contribution in [1.82, 2.24) is 20.1 Å². The molecule has 1 aromatic heterocycles. The average molecular weight is 536 g/mol. The van der Waals surface area contributed by atoms with Crippen molar-refractivity contribution in [3.05, 3.63) is 53.1 Å². The molecular formula is C23H26ClN5O4S2. The van der Waals surface area contributed by atoms with Crippen molar-refractivity contribution in [2.45, 2.75) is 11.3 Å². The van der Waals surface area contributed by atoms with Gasteiger partial charge in [-0.1, -0.05) is 35.1 Å². The molecule has 1 aliphatic rings. The lowest BCUT2D eigenvalue weighted by atomic mass is 10.2. The van der Waals surface area contributed by atoms with Gasteiger partial charge in [0.1, 0.15) is 0 Å². The van der Waals surface area contributed by atoms with Crippen LogP contribution in [-0.2, 0) is 9.84 Å². The van der Waals surface area contributed by atoms with Gasteiger partial charge >= 0.3 is 6.03 Å². The highest BCUT2D eigenvalue weighted by Crippen LogP contribution is 2.28. The number of nitrogens with zero attached hydrogens (tertiary/aromatic N) is 3. The fourth-order valence-corrected chi connectivity index (χ4v) is 6.28. The van der Waals surface area contributed by atoms with Gasteiger partial charge in [0, 0.05) is 26.2 Å². The number of carbonyl (C=O) groups is 2. The van der Waals surface area contributed by atoms with Crippen LogP contribution in [0.15, 0.2) is 47.4 Å². The van der Waals surface area contributed by atoms with Crippen LogP contribution in [0, 0.1) is 0 Å². The van der Waals surface area contributed by atoms with Crippen molar-refractivity contribution >= 4 is 60.1 Å². The number of sulfone groups is 1. The molecule has 4 rings (SSSR count). The van der Waals surface area contributed by atoms with E-state index in [0.717, 1.165) is 44.1 Å². The number of piperazine rings is 1. The number of amides is 3. The number of anilines is 1. The van der Waals surface area contributed by atoms with Gasteiger partial charge in [-0.15, -0.1) is 0 Å². The second-order valence-electron chi connectivity index (χ2n) is 8.35. The summed E-state index contributed by atoms with van der Waals surface area (Å²) < 4.78 is 26.4. The summed E-state index contributed by atoms with van der Waals surface area (Å²) in [6, 6.07) is 10.4. The molecule has 12 heteroatoms. The Kier molecular flexibility index (Phi) is 8.02. The van der Waals surface area contributed by atoms with E-state index in [-0.39, 0.29) is 26.4 Å². The number of likely N-dealkylation sites (N-methyl/N-ethyl adjacent to an activating group) is 1. The van der Waals surface area contributed by atoms with Crippen molar-refractivity contribution < 1.29 is 18.0 Å². The number of nitrogens with one attached hydrogen (secondary N) is 2. The van der Waals surface area contributed by atoms with Gasteiger partial charge in [-0.3, -0.25) is 15.4 Å². The van der Waals surface area contributed by atoms with Crippen LogP contribution < -0.4 is 10.6 Å². The van der Waals surface area contributed by atoms with Crippen molar-refractivity contribution in [1.29, 1.82) is 0 Å². The first kappa shape index (κ1) is 25.5. The molecule has 0 unspecified atom stereocenters. The highest BCUT2D eigenvalue weighted by atomic mass is 35.5. The minimum absolute atomic E-state index is 0.0708. The average Bonchev–Trinajstić information content (AvgIpc) is 3.21. The molecule has 2 heterocycles. The Morgan fingerprint density at radius 1 is 1.11 bits per heavy atom. The summed E-state index contributed by atoms with van der Waals surface area (Å²) in [4.78, 5) is 33.6. The molecule has 1 fully saturated rings. The molecule has 0 bridgehead atoms. The molecule has 1 aliphatic heterocycles. The van der Waals surface area contributed by atoms with E-state index in [1.807, 2.05) is 0 Å². The lowest BCUT2D eigenvalue weighted by Crippen LogP contribution is -2.44. The molecule has 9 nitrogen and oxygen atoms in total. The van der Waals surface area contributed by atoms with Crippen LogP contribution in [0.1, 0.15) is 16.8 Å². The van der Waals surface area contributed by atoms with Crippen LogP contribution in [0.3, 0.4) is 0 Å². The number of aromatic nitrogens is 1. The van der Waals surface area contributed by atoms with Gasteiger partial charge in [0.25, 0.3) is 5.91 Å². The van der Waals surface area contributed by atoms with E-state index >= 15 is 0 Å². The zero-order valence-corrected chi connectivity index (χ0v) is 21.5. The molecule has 0 saturated carbocycles. The highest BCUT2D eigenvalue weighted by molar-refractivity contribution is 7.91. The number of thiazole rings is 1. The van der Waals surface area contributed by atoms with E-state index in [1.165, 1.54) is 12.1 Å². The Bertz CT molecular complexity index is 1340. The van der Waals surface area contributed by atoms with E-state index in [2.05, 4.69) is 32.5 Å². The zero-order valence-electron chi connectivity index (χ0n) is 19.2. The second-order valence-corrected chi connectivity index (χ2v) is 11.9. The molecule has 3 amide bonds. The van der Waals surface area contributed by atoms with Crippen molar-refractivity contribution in [2.24, 2.45) is 0 Å². The lowest BCUT2D eigenvalue weighted by molar-refractivity contribution is 0.0967. The summed E-state index contributed by atoms with van der Waals surface area (Å²) in [7, 11) is -1.35. The minimum Gasteiger partial charge on any atom is -0.304 e. The normalized spacial score (nSPS) is 15.3. The number of benzene rings is 2. The Morgan fingerprint density at radius 2 is 1.86 bits per heavy atom. The topological polar surface area (TPSA) is 112 Å². The fraction of sp³-hybridized carbons (Fsp3) is 0.348. The molecule has 2 aromatic carbocycles. The van der Waals surface area contributed by atoms with E-state index in [1.54, 1.807) is 30.3 Å². The van der Waals surface area contributed by atoms with Crippen LogP contribution in [0.5, 0.6) is 0 Å². The smallest absolute Gasteiger partial charge is 0.304 e. The molecule has 35 heavy (non-hydrogen) atoms.